The van der Waals surface area contributed by atoms with E-state index >= 15 is 0 Å². The smallest absolute Gasteiger partial charge is 0.307 e. The maximum absolute atomic E-state index is 13.6. The van der Waals surface area contributed by atoms with Crippen LogP contribution in [0.25, 0.3) is 10.2 Å². The molecule has 3 aromatic rings. The fourth-order valence-corrected chi connectivity index (χ4v) is 4.29. The molecule has 0 spiro atoms. The molecule has 1 amide bonds. The van der Waals surface area contributed by atoms with E-state index in [0.717, 1.165) is 10.3 Å². The molecule has 0 fully saturated rings. The molecule has 0 saturated carbocycles. The van der Waals surface area contributed by atoms with Crippen LogP contribution in [0.3, 0.4) is 0 Å². The summed E-state index contributed by atoms with van der Waals surface area (Å²) in [7, 11) is 0. The molecule has 6 nitrogen and oxygen atoms in total. The quantitative estimate of drug-likeness (QED) is 0.707. The summed E-state index contributed by atoms with van der Waals surface area (Å²) in [6, 6.07) is 9.68. The van der Waals surface area contributed by atoms with Crippen molar-refractivity contribution < 1.29 is 23.8 Å². The van der Waals surface area contributed by atoms with E-state index in [9.17, 15) is 19.1 Å². The van der Waals surface area contributed by atoms with Crippen molar-refractivity contribution in [2.45, 2.75) is 32.3 Å². The van der Waals surface area contributed by atoms with Gasteiger partial charge in [-0.1, -0.05) is 30.4 Å². The number of thiazole rings is 1. The Kier molecular flexibility index (Phi) is 4.30. The second-order valence-electron chi connectivity index (χ2n) is 6.77. The molecule has 28 heavy (non-hydrogen) atoms. The Morgan fingerprint density at radius 2 is 2.14 bits per heavy atom. The van der Waals surface area contributed by atoms with Gasteiger partial charge >= 0.3 is 5.97 Å². The van der Waals surface area contributed by atoms with Crippen molar-refractivity contribution in [1.82, 2.24) is 4.98 Å². The van der Waals surface area contributed by atoms with E-state index in [1.54, 1.807) is 12.1 Å². The fraction of sp³-hybridized carbons (Fsp3) is 0.250. The Bertz CT molecular complexity index is 1110. The third kappa shape index (κ3) is 2.90. The minimum Gasteiger partial charge on any atom is -0.481 e. The zero-order chi connectivity index (χ0) is 20.1. The number of para-hydroxylation sites is 1. The molecule has 0 aliphatic carbocycles. The molecule has 0 radical (unpaired) electrons. The number of ether oxygens (including phenoxy) is 1. The van der Waals surface area contributed by atoms with Crippen molar-refractivity contribution in [1.29, 1.82) is 0 Å². The third-order valence-electron chi connectivity index (χ3n) is 4.70. The van der Waals surface area contributed by atoms with Gasteiger partial charge in [0.05, 0.1) is 22.3 Å². The molecule has 144 valence electrons. The highest BCUT2D eigenvalue weighted by atomic mass is 32.1. The molecule has 0 bridgehead atoms. The van der Waals surface area contributed by atoms with Crippen LogP contribution in [0, 0.1) is 5.82 Å². The van der Waals surface area contributed by atoms with Gasteiger partial charge in [0.2, 0.25) is 0 Å². The van der Waals surface area contributed by atoms with E-state index in [4.69, 9.17) is 4.74 Å². The number of halogens is 1. The normalized spacial score (nSPS) is 18.8. The van der Waals surface area contributed by atoms with Gasteiger partial charge in [-0.3, -0.25) is 9.59 Å². The van der Waals surface area contributed by atoms with Gasteiger partial charge in [0.1, 0.15) is 11.6 Å². The highest BCUT2D eigenvalue weighted by molar-refractivity contribution is 7.22. The monoisotopic (exact) mass is 400 g/mol. The van der Waals surface area contributed by atoms with Gasteiger partial charge in [0, 0.05) is 6.07 Å². The van der Waals surface area contributed by atoms with E-state index in [1.807, 2.05) is 19.1 Å². The topological polar surface area (TPSA) is 79.7 Å². The van der Waals surface area contributed by atoms with Crippen LogP contribution in [0.15, 0.2) is 36.4 Å². The van der Waals surface area contributed by atoms with Crippen LogP contribution in [-0.2, 0) is 16.0 Å². The summed E-state index contributed by atoms with van der Waals surface area (Å²) in [5, 5.41) is 9.67. The Morgan fingerprint density at radius 1 is 1.36 bits per heavy atom. The molecule has 0 saturated heterocycles. The maximum Gasteiger partial charge on any atom is 0.307 e. The van der Waals surface area contributed by atoms with Gasteiger partial charge in [-0.25, -0.2) is 14.3 Å². The number of carboxylic acid groups (broad SMARTS) is 1. The summed E-state index contributed by atoms with van der Waals surface area (Å²) >= 11 is 1.24. The fourth-order valence-electron chi connectivity index (χ4n) is 3.33. The summed E-state index contributed by atoms with van der Waals surface area (Å²) in [6.07, 6.45) is 0.165. The summed E-state index contributed by atoms with van der Waals surface area (Å²) in [5.74, 6) is -1.60. The third-order valence-corrected chi connectivity index (χ3v) is 5.72. The predicted octanol–water partition coefficient (Wildman–Crippen LogP) is 4.29. The van der Waals surface area contributed by atoms with E-state index in [-0.39, 0.29) is 0 Å². The molecule has 2 heterocycles. The van der Waals surface area contributed by atoms with Crippen LogP contribution < -0.4 is 9.64 Å². The number of hydrogen-bond donors (Lipinski definition) is 1. The molecule has 1 atom stereocenters. The lowest BCUT2D eigenvalue weighted by molar-refractivity contribution is -0.148. The van der Waals surface area contributed by atoms with Gasteiger partial charge in [-0.05, 0) is 37.1 Å². The Hall–Kier alpha value is -3.00. The number of carbonyl (C=O) groups is 2. The SMILES string of the molecule is CCc1cccc2c1OC(C)(CC(=O)O)C(=O)N2c1nc2cc(F)ccc2s1. The largest absolute Gasteiger partial charge is 0.481 e. The van der Waals surface area contributed by atoms with Crippen LogP contribution >= 0.6 is 11.3 Å². The van der Waals surface area contributed by atoms with Gasteiger partial charge in [-0.2, -0.15) is 0 Å². The first-order chi connectivity index (χ1) is 13.3. The zero-order valence-electron chi connectivity index (χ0n) is 15.2. The second kappa shape index (κ2) is 6.56. The maximum atomic E-state index is 13.6. The van der Waals surface area contributed by atoms with Crippen molar-refractivity contribution in [3.63, 3.8) is 0 Å². The Morgan fingerprint density at radius 3 is 2.86 bits per heavy atom. The number of carboxylic acids is 1. The summed E-state index contributed by atoms with van der Waals surface area (Å²) < 4.78 is 20.2. The van der Waals surface area contributed by atoms with Crippen molar-refractivity contribution >= 4 is 44.2 Å². The molecule has 8 heteroatoms. The number of aliphatic carboxylic acids is 1. The first-order valence-corrected chi connectivity index (χ1v) is 9.57. The molecule has 1 aromatic heterocycles. The standard InChI is InChI=1S/C20H17FN2O4S/c1-3-11-5-4-6-14-17(11)27-20(2,10-16(24)25)18(26)23(14)19-22-13-9-12(21)7-8-15(13)28-19/h4-9H,3,10H2,1-2H3,(H,24,25). The molecule has 2 aromatic carbocycles. The zero-order valence-corrected chi connectivity index (χ0v) is 16.0. The average Bonchev–Trinajstić information content (AvgIpc) is 3.04. The molecular weight excluding hydrogens is 383 g/mol. The number of aromatic nitrogens is 1. The number of carbonyl (C=O) groups excluding carboxylic acids is 1. The van der Waals surface area contributed by atoms with Gasteiger partial charge in [0.15, 0.2) is 10.7 Å². The van der Waals surface area contributed by atoms with Gasteiger partial charge in [-0.15, -0.1) is 0 Å². The van der Waals surface area contributed by atoms with E-state index < -0.39 is 29.7 Å². The highest BCUT2D eigenvalue weighted by Crippen LogP contribution is 2.46. The summed E-state index contributed by atoms with van der Waals surface area (Å²) in [5.41, 5.74) is 0.227. The van der Waals surface area contributed by atoms with Crippen LogP contribution in [0.2, 0.25) is 0 Å². The first-order valence-electron chi connectivity index (χ1n) is 8.76. The first kappa shape index (κ1) is 18.4. The lowest BCUT2D eigenvalue weighted by atomic mass is 9.96. The lowest BCUT2D eigenvalue weighted by Crippen LogP contribution is -2.54. The predicted molar refractivity (Wildman–Crippen MR) is 104 cm³/mol. The van der Waals surface area contributed by atoms with Gasteiger partial charge < -0.3 is 9.84 Å². The second-order valence-corrected chi connectivity index (χ2v) is 7.78. The van der Waals surface area contributed by atoms with Crippen molar-refractivity contribution in [3.05, 3.63) is 47.8 Å². The number of benzene rings is 2. The summed E-state index contributed by atoms with van der Waals surface area (Å²) in [4.78, 5) is 30.5. The molecule has 1 unspecified atom stereocenters. The lowest BCUT2D eigenvalue weighted by Gasteiger charge is -2.39. The number of amides is 1. The molecule has 1 aliphatic heterocycles. The molecule has 1 aliphatic rings. The van der Waals surface area contributed by atoms with Crippen molar-refractivity contribution in [2.24, 2.45) is 0 Å². The molecule has 4 rings (SSSR count). The molecule has 1 N–H and O–H groups in total. The highest BCUT2D eigenvalue weighted by Gasteiger charge is 2.48. The minimum atomic E-state index is -1.58. The van der Waals surface area contributed by atoms with Crippen molar-refractivity contribution in [2.75, 3.05) is 4.90 Å². The number of anilines is 2. The molecular formula is C20H17FN2O4S. The van der Waals surface area contributed by atoms with Crippen LogP contribution in [0.5, 0.6) is 5.75 Å². The van der Waals surface area contributed by atoms with Crippen LogP contribution in [-0.4, -0.2) is 27.6 Å². The van der Waals surface area contributed by atoms with Crippen LogP contribution in [0.1, 0.15) is 25.8 Å². The van der Waals surface area contributed by atoms with E-state index in [1.165, 1.54) is 35.3 Å². The van der Waals surface area contributed by atoms with E-state index in [0.29, 0.717) is 28.5 Å². The van der Waals surface area contributed by atoms with Crippen LogP contribution in [0.4, 0.5) is 15.2 Å². The average molecular weight is 400 g/mol. The van der Waals surface area contributed by atoms with Crippen molar-refractivity contribution in [3.8, 4) is 5.75 Å². The number of rotatable bonds is 4. The number of fused-ring (bicyclic) bond motifs is 2. The Labute approximate surface area is 164 Å². The minimum absolute atomic E-state index is 0.347. The summed E-state index contributed by atoms with van der Waals surface area (Å²) in [6.45, 7) is 3.42. The number of aryl methyl sites for hydroxylation is 1. The Balaban J connectivity index is 1.93. The van der Waals surface area contributed by atoms with E-state index in [2.05, 4.69) is 4.98 Å². The van der Waals surface area contributed by atoms with Gasteiger partial charge in [0.25, 0.3) is 5.91 Å². The number of hydrogen-bond acceptors (Lipinski definition) is 5. The number of nitrogens with zero attached hydrogens (tertiary/aromatic N) is 2.